The van der Waals surface area contributed by atoms with E-state index < -0.39 is 34.0 Å². The standard InChI is InChI=1S/C16H21N3O6S/c1-10(2)18-26(23,24)13-6-4-5-12(9-13)15(21)25-11(3)14(20)19-8-7-17-16(19)22/h4-6,9-11,18H,7-8H2,1-3H3,(H,17,22)/t11-/m1/s1. The van der Waals surface area contributed by atoms with Crippen molar-refractivity contribution in [2.75, 3.05) is 13.1 Å². The van der Waals surface area contributed by atoms with Crippen LogP contribution in [0.1, 0.15) is 31.1 Å². The second-order valence-corrected chi connectivity index (χ2v) is 7.79. The van der Waals surface area contributed by atoms with E-state index >= 15 is 0 Å². The van der Waals surface area contributed by atoms with E-state index in [4.69, 9.17) is 4.74 Å². The molecule has 1 atom stereocenters. The summed E-state index contributed by atoms with van der Waals surface area (Å²) in [4.78, 5) is 36.8. The quantitative estimate of drug-likeness (QED) is 0.689. The van der Waals surface area contributed by atoms with Crippen molar-refractivity contribution in [1.29, 1.82) is 0 Å². The highest BCUT2D eigenvalue weighted by Gasteiger charge is 2.32. The molecule has 1 heterocycles. The third-order valence-corrected chi connectivity index (χ3v) is 5.18. The molecule has 0 saturated carbocycles. The molecule has 0 unspecified atom stereocenters. The molecule has 10 heteroatoms. The first-order chi connectivity index (χ1) is 12.1. The number of nitrogens with zero attached hydrogens (tertiary/aromatic N) is 1. The predicted molar refractivity (Wildman–Crippen MR) is 91.9 cm³/mol. The van der Waals surface area contributed by atoms with Crippen LogP contribution in [-0.4, -0.2) is 56.5 Å². The summed E-state index contributed by atoms with van der Waals surface area (Å²) in [6.07, 6.45) is -1.18. The van der Waals surface area contributed by atoms with Gasteiger partial charge in [0, 0.05) is 19.1 Å². The Balaban J connectivity index is 2.11. The minimum Gasteiger partial charge on any atom is -0.449 e. The molecule has 9 nitrogen and oxygen atoms in total. The van der Waals surface area contributed by atoms with E-state index in [9.17, 15) is 22.8 Å². The average molecular weight is 383 g/mol. The molecule has 26 heavy (non-hydrogen) atoms. The van der Waals surface area contributed by atoms with Crippen LogP contribution < -0.4 is 10.0 Å². The van der Waals surface area contributed by atoms with Crippen LogP contribution in [-0.2, 0) is 19.6 Å². The lowest BCUT2D eigenvalue weighted by Crippen LogP contribution is -2.41. The maximum absolute atomic E-state index is 12.2. The molecule has 1 fully saturated rings. The van der Waals surface area contributed by atoms with E-state index in [1.807, 2.05) is 0 Å². The van der Waals surface area contributed by atoms with Gasteiger partial charge in [-0.3, -0.25) is 9.69 Å². The van der Waals surface area contributed by atoms with Crippen LogP contribution in [0.15, 0.2) is 29.2 Å². The number of sulfonamides is 1. The lowest BCUT2D eigenvalue weighted by Gasteiger charge is -2.18. The summed E-state index contributed by atoms with van der Waals surface area (Å²) in [6.45, 7) is 5.25. The summed E-state index contributed by atoms with van der Waals surface area (Å²) in [6, 6.07) is 4.48. The highest BCUT2D eigenvalue weighted by molar-refractivity contribution is 7.89. The number of ether oxygens (including phenoxy) is 1. The van der Waals surface area contributed by atoms with Crippen molar-refractivity contribution < 1.29 is 27.5 Å². The first kappa shape index (κ1) is 19.9. The number of imide groups is 1. The Morgan fingerprint density at radius 2 is 1.96 bits per heavy atom. The van der Waals surface area contributed by atoms with Crippen molar-refractivity contribution in [2.45, 2.75) is 37.8 Å². The Hall–Kier alpha value is -2.46. The summed E-state index contributed by atoms with van der Waals surface area (Å²) < 4.78 is 31.9. The van der Waals surface area contributed by atoms with Crippen molar-refractivity contribution in [3.63, 3.8) is 0 Å². The van der Waals surface area contributed by atoms with Crippen LogP contribution >= 0.6 is 0 Å². The zero-order valence-electron chi connectivity index (χ0n) is 14.7. The number of rotatable bonds is 6. The highest BCUT2D eigenvalue weighted by Crippen LogP contribution is 2.14. The minimum atomic E-state index is -3.77. The molecule has 0 aliphatic carbocycles. The van der Waals surface area contributed by atoms with Gasteiger partial charge in [0.2, 0.25) is 10.0 Å². The molecule has 1 aliphatic rings. The van der Waals surface area contributed by atoms with Crippen LogP contribution in [0.3, 0.4) is 0 Å². The molecule has 2 N–H and O–H groups in total. The van der Waals surface area contributed by atoms with Crippen molar-refractivity contribution in [2.24, 2.45) is 0 Å². The van der Waals surface area contributed by atoms with Gasteiger partial charge in [0.1, 0.15) is 0 Å². The number of benzene rings is 1. The van der Waals surface area contributed by atoms with Crippen molar-refractivity contribution >= 4 is 27.9 Å². The molecule has 0 spiro atoms. The Kier molecular flexibility index (Phi) is 5.98. The molecule has 0 radical (unpaired) electrons. The van der Waals surface area contributed by atoms with Gasteiger partial charge in [-0.25, -0.2) is 22.7 Å². The van der Waals surface area contributed by atoms with Crippen molar-refractivity contribution in [3.05, 3.63) is 29.8 Å². The van der Waals surface area contributed by atoms with Gasteiger partial charge in [-0.2, -0.15) is 0 Å². The van der Waals surface area contributed by atoms with Gasteiger partial charge in [-0.05, 0) is 39.0 Å². The second-order valence-electron chi connectivity index (χ2n) is 6.07. The fourth-order valence-corrected chi connectivity index (χ4v) is 3.65. The second kappa shape index (κ2) is 7.83. The number of amides is 3. The molecule has 2 rings (SSSR count). The zero-order valence-corrected chi connectivity index (χ0v) is 15.5. The maximum atomic E-state index is 12.2. The predicted octanol–water partition coefficient (Wildman–Crippen LogP) is 0.470. The van der Waals surface area contributed by atoms with Gasteiger partial charge in [-0.15, -0.1) is 0 Å². The number of hydrogen-bond acceptors (Lipinski definition) is 6. The average Bonchev–Trinajstić information content (AvgIpc) is 2.99. The van der Waals surface area contributed by atoms with E-state index in [2.05, 4.69) is 10.0 Å². The van der Waals surface area contributed by atoms with Gasteiger partial charge in [0.05, 0.1) is 10.5 Å². The first-order valence-electron chi connectivity index (χ1n) is 8.04. The first-order valence-corrected chi connectivity index (χ1v) is 9.52. The third-order valence-electron chi connectivity index (χ3n) is 3.53. The van der Waals surface area contributed by atoms with Crippen LogP contribution in [0.2, 0.25) is 0 Å². The number of nitrogens with one attached hydrogen (secondary N) is 2. The number of carbonyl (C=O) groups excluding carboxylic acids is 3. The molecule has 1 aromatic carbocycles. The normalized spacial score (nSPS) is 15.7. The number of urea groups is 1. The van der Waals surface area contributed by atoms with Gasteiger partial charge in [0.15, 0.2) is 6.10 Å². The van der Waals surface area contributed by atoms with E-state index in [-0.39, 0.29) is 23.0 Å². The molecular formula is C16H21N3O6S. The Bertz CT molecular complexity index is 821. The van der Waals surface area contributed by atoms with Gasteiger partial charge >= 0.3 is 12.0 Å². The number of hydrogen-bond donors (Lipinski definition) is 2. The van der Waals surface area contributed by atoms with Gasteiger partial charge < -0.3 is 10.1 Å². The van der Waals surface area contributed by atoms with Crippen LogP contribution in [0.5, 0.6) is 0 Å². The number of esters is 1. The summed E-state index contributed by atoms with van der Waals surface area (Å²) in [5.74, 6) is -1.49. The maximum Gasteiger partial charge on any atom is 0.338 e. The van der Waals surface area contributed by atoms with E-state index in [1.165, 1.54) is 31.2 Å². The summed E-state index contributed by atoms with van der Waals surface area (Å²) in [5.41, 5.74) is -0.0119. The van der Waals surface area contributed by atoms with Crippen LogP contribution in [0.25, 0.3) is 0 Å². The minimum absolute atomic E-state index is 0.0119. The van der Waals surface area contributed by atoms with Crippen LogP contribution in [0, 0.1) is 0 Å². The largest absolute Gasteiger partial charge is 0.449 e. The summed E-state index contributed by atoms with van der Waals surface area (Å²) >= 11 is 0. The van der Waals surface area contributed by atoms with Gasteiger partial charge in [0.25, 0.3) is 5.91 Å². The fourth-order valence-electron chi connectivity index (χ4n) is 2.35. The van der Waals surface area contributed by atoms with Crippen molar-refractivity contribution in [3.8, 4) is 0 Å². The van der Waals surface area contributed by atoms with E-state index in [0.717, 1.165) is 4.90 Å². The molecule has 1 aromatic rings. The molecule has 3 amide bonds. The molecule has 1 aliphatic heterocycles. The number of carbonyl (C=O) groups is 3. The Morgan fingerprint density at radius 1 is 1.27 bits per heavy atom. The molecule has 1 saturated heterocycles. The summed E-state index contributed by atoms with van der Waals surface area (Å²) in [7, 11) is -3.77. The van der Waals surface area contributed by atoms with Crippen molar-refractivity contribution in [1.82, 2.24) is 14.9 Å². The lowest BCUT2D eigenvalue weighted by molar-refractivity contribution is -0.136. The lowest BCUT2D eigenvalue weighted by atomic mass is 10.2. The fraction of sp³-hybridized carbons (Fsp3) is 0.438. The monoisotopic (exact) mass is 383 g/mol. The Morgan fingerprint density at radius 3 is 2.54 bits per heavy atom. The van der Waals surface area contributed by atoms with E-state index in [1.54, 1.807) is 13.8 Å². The third kappa shape index (κ3) is 4.58. The van der Waals surface area contributed by atoms with Gasteiger partial charge in [-0.1, -0.05) is 6.07 Å². The molecular weight excluding hydrogens is 362 g/mol. The summed E-state index contributed by atoms with van der Waals surface area (Å²) in [5, 5.41) is 2.48. The smallest absolute Gasteiger partial charge is 0.338 e. The molecule has 0 aromatic heterocycles. The SMILES string of the molecule is CC(C)NS(=O)(=O)c1cccc(C(=O)O[C@H](C)C(=O)N2CCNC2=O)c1. The highest BCUT2D eigenvalue weighted by atomic mass is 32.2. The van der Waals surface area contributed by atoms with Crippen LogP contribution in [0.4, 0.5) is 4.79 Å². The molecule has 0 bridgehead atoms. The topological polar surface area (TPSA) is 122 Å². The molecule has 142 valence electrons. The Labute approximate surface area is 151 Å². The van der Waals surface area contributed by atoms with E-state index in [0.29, 0.717) is 6.54 Å². The zero-order chi connectivity index (χ0) is 19.5.